The van der Waals surface area contributed by atoms with Gasteiger partial charge in [-0.25, -0.2) is 4.98 Å². The number of aromatic nitrogens is 1. The number of nitro benzene ring substituents is 1. The third-order valence-electron chi connectivity index (χ3n) is 3.43. The smallest absolute Gasteiger partial charge is 0.269 e. The van der Waals surface area contributed by atoms with Crippen molar-refractivity contribution >= 4 is 28.7 Å². The largest absolute Gasteiger partial charge is 0.508 e. The minimum Gasteiger partial charge on any atom is -0.508 e. The van der Waals surface area contributed by atoms with E-state index in [9.17, 15) is 20.5 Å². The molecule has 0 saturated carbocycles. The summed E-state index contributed by atoms with van der Waals surface area (Å²) in [5.74, 6) is 0.158. The van der Waals surface area contributed by atoms with Crippen molar-refractivity contribution in [2.75, 3.05) is 0 Å². The minimum atomic E-state index is -0.454. The maximum Gasteiger partial charge on any atom is 0.269 e. The number of phenolic OH excluding ortho intramolecular Hbond substituents is 1. The SMILES string of the molecule is N#C/C(=C/c1ccc(O)cc1)c1nc(-c2ccc([N+](=O)[O-])cc2)cs1. The van der Waals surface area contributed by atoms with Crippen LogP contribution in [0.1, 0.15) is 10.6 Å². The topological polar surface area (TPSA) is 100 Å². The summed E-state index contributed by atoms with van der Waals surface area (Å²) < 4.78 is 0. The molecule has 25 heavy (non-hydrogen) atoms. The summed E-state index contributed by atoms with van der Waals surface area (Å²) in [4.78, 5) is 14.7. The van der Waals surface area contributed by atoms with Gasteiger partial charge in [-0.2, -0.15) is 5.26 Å². The Morgan fingerprint density at radius 1 is 1.20 bits per heavy atom. The van der Waals surface area contributed by atoms with Crippen molar-refractivity contribution in [3.8, 4) is 23.1 Å². The summed E-state index contributed by atoms with van der Waals surface area (Å²) in [7, 11) is 0. The number of hydrogen-bond donors (Lipinski definition) is 1. The molecule has 1 N–H and O–H groups in total. The van der Waals surface area contributed by atoms with Gasteiger partial charge in [0.25, 0.3) is 5.69 Å². The third kappa shape index (κ3) is 3.71. The van der Waals surface area contributed by atoms with Gasteiger partial charge >= 0.3 is 0 Å². The number of non-ortho nitro benzene ring substituents is 1. The normalized spacial score (nSPS) is 11.1. The molecule has 2 aromatic carbocycles. The molecule has 1 aromatic heterocycles. The number of thiazole rings is 1. The van der Waals surface area contributed by atoms with Gasteiger partial charge in [0.1, 0.15) is 16.8 Å². The van der Waals surface area contributed by atoms with Crippen LogP contribution in [0.5, 0.6) is 5.75 Å². The molecule has 0 saturated heterocycles. The average Bonchev–Trinajstić information content (AvgIpc) is 3.11. The van der Waals surface area contributed by atoms with Crippen molar-refractivity contribution in [1.82, 2.24) is 4.98 Å². The monoisotopic (exact) mass is 349 g/mol. The maximum absolute atomic E-state index is 10.7. The number of benzene rings is 2. The molecule has 1 heterocycles. The van der Waals surface area contributed by atoms with Gasteiger partial charge < -0.3 is 5.11 Å². The Balaban J connectivity index is 1.90. The predicted molar refractivity (Wildman–Crippen MR) is 95.8 cm³/mol. The molecule has 0 aliphatic carbocycles. The summed E-state index contributed by atoms with van der Waals surface area (Å²) in [6.07, 6.45) is 1.69. The van der Waals surface area contributed by atoms with E-state index >= 15 is 0 Å². The number of aromatic hydroxyl groups is 1. The molecule has 6 nitrogen and oxygen atoms in total. The second kappa shape index (κ2) is 6.95. The van der Waals surface area contributed by atoms with E-state index in [1.165, 1.54) is 23.5 Å². The molecule has 0 radical (unpaired) electrons. The molecular weight excluding hydrogens is 338 g/mol. The number of allylic oxidation sites excluding steroid dienone is 1. The lowest BCUT2D eigenvalue weighted by Crippen LogP contribution is -1.87. The van der Waals surface area contributed by atoms with Crippen molar-refractivity contribution in [2.45, 2.75) is 0 Å². The van der Waals surface area contributed by atoms with Crippen molar-refractivity contribution in [3.63, 3.8) is 0 Å². The van der Waals surface area contributed by atoms with Gasteiger partial charge in [-0.1, -0.05) is 12.1 Å². The van der Waals surface area contributed by atoms with Gasteiger partial charge in [0, 0.05) is 23.1 Å². The summed E-state index contributed by atoms with van der Waals surface area (Å²) in [6, 6.07) is 14.7. The Labute approximate surface area is 147 Å². The van der Waals surface area contributed by atoms with Crippen LogP contribution < -0.4 is 0 Å². The lowest BCUT2D eigenvalue weighted by molar-refractivity contribution is -0.384. The molecule has 0 amide bonds. The molecule has 0 atom stereocenters. The lowest BCUT2D eigenvalue weighted by Gasteiger charge is -1.97. The molecule has 7 heteroatoms. The minimum absolute atomic E-state index is 0.0177. The van der Waals surface area contributed by atoms with E-state index in [1.54, 1.807) is 47.9 Å². The lowest BCUT2D eigenvalue weighted by atomic mass is 10.1. The third-order valence-corrected chi connectivity index (χ3v) is 4.31. The van der Waals surface area contributed by atoms with E-state index in [2.05, 4.69) is 11.1 Å². The maximum atomic E-state index is 10.7. The zero-order valence-corrected chi connectivity index (χ0v) is 13.6. The number of nitro groups is 1. The van der Waals surface area contributed by atoms with Gasteiger partial charge in [-0.3, -0.25) is 10.1 Å². The molecule has 0 unspecified atom stereocenters. The molecule has 122 valence electrons. The second-order valence-corrected chi connectivity index (χ2v) is 5.96. The second-order valence-electron chi connectivity index (χ2n) is 5.10. The predicted octanol–water partition coefficient (Wildman–Crippen LogP) is 4.49. The van der Waals surface area contributed by atoms with Crippen LogP contribution >= 0.6 is 11.3 Å². The van der Waals surface area contributed by atoms with Gasteiger partial charge in [-0.05, 0) is 35.9 Å². The van der Waals surface area contributed by atoms with E-state index in [0.29, 0.717) is 16.3 Å². The molecule has 0 aliphatic rings. The average molecular weight is 349 g/mol. The van der Waals surface area contributed by atoms with Crippen molar-refractivity contribution in [1.29, 1.82) is 5.26 Å². The molecule has 0 aliphatic heterocycles. The first-order chi connectivity index (χ1) is 12.1. The first-order valence-corrected chi connectivity index (χ1v) is 8.06. The van der Waals surface area contributed by atoms with E-state index in [-0.39, 0.29) is 11.4 Å². The van der Waals surface area contributed by atoms with Crippen LogP contribution in [0.2, 0.25) is 0 Å². The van der Waals surface area contributed by atoms with E-state index in [4.69, 9.17) is 0 Å². The Kier molecular flexibility index (Phi) is 4.55. The van der Waals surface area contributed by atoms with Crippen molar-refractivity contribution < 1.29 is 10.0 Å². The van der Waals surface area contributed by atoms with E-state index < -0.39 is 4.92 Å². The summed E-state index contributed by atoms with van der Waals surface area (Å²) in [6.45, 7) is 0. The molecule has 0 fully saturated rings. The van der Waals surface area contributed by atoms with Gasteiger partial charge in [0.15, 0.2) is 0 Å². The standard InChI is InChI=1S/C18H11N3O3S/c19-10-14(9-12-1-7-16(22)8-2-12)18-20-17(11-25-18)13-3-5-15(6-4-13)21(23)24/h1-9,11,22H/b14-9-. The van der Waals surface area contributed by atoms with Crippen LogP contribution in [0, 0.1) is 21.4 Å². The van der Waals surface area contributed by atoms with Crippen LogP contribution in [-0.4, -0.2) is 15.0 Å². The number of rotatable bonds is 4. The zero-order chi connectivity index (χ0) is 17.8. The van der Waals surface area contributed by atoms with Gasteiger partial charge in [-0.15, -0.1) is 11.3 Å². The zero-order valence-electron chi connectivity index (χ0n) is 12.8. The van der Waals surface area contributed by atoms with Crippen molar-refractivity contribution in [2.24, 2.45) is 0 Å². The summed E-state index contributed by atoms with van der Waals surface area (Å²) in [5, 5.41) is 31.8. The first kappa shape index (κ1) is 16.4. The highest BCUT2D eigenvalue weighted by Crippen LogP contribution is 2.28. The quantitative estimate of drug-likeness (QED) is 0.425. The Morgan fingerprint density at radius 3 is 2.48 bits per heavy atom. The van der Waals surface area contributed by atoms with Crippen LogP contribution in [0.4, 0.5) is 5.69 Å². The highest BCUT2D eigenvalue weighted by Gasteiger charge is 2.11. The van der Waals surface area contributed by atoms with Crippen LogP contribution in [0.25, 0.3) is 22.9 Å². The summed E-state index contributed by atoms with van der Waals surface area (Å²) in [5.41, 5.74) is 2.60. The van der Waals surface area contributed by atoms with Crippen molar-refractivity contribution in [3.05, 3.63) is 74.6 Å². The molecule has 0 bridgehead atoms. The fourth-order valence-electron chi connectivity index (χ4n) is 2.16. The fraction of sp³-hybridized carbons (Fsp3) is 0. The highest BCUT2D eigenvalue weighted by molar-refractivity contribution is 7.11. The molecular formula is C18H11N3O3S. The number of hydrogen-bond acceptors (Lipinski definition) is 6. The van der Waals surface area contributed by atoms with E-state index in [1.807, 2.05) is 0 Å². The fourth-order valence-corrected chi connectivity index (χ4v) is 2.96. The molecule has 3 rings (SSSR count). The summed E-state index contributed by atoms with van der Waals surface area (Å²) >= 11 is 1.32. The van der Waals surface area contributed by atoms with E-state index in [0.717, 1.165) is 11.1 Å². The van der Waals surface area contributed by atoms with Gasteiger partial charge in [0.2, 0.25) is 0 Å². The number of nitrogens with zero attached hydrogens (tertiary/aromatic N) is 3. The Morgan fingerprint density at radius 2 is 1.88 bits per heavy atom. The highest BCUT2D eigenvalue weighted by atomic mass is 32.1. The van der Waals surface area contributed by atoms with Crippen LogP contribution in [0.3, 0.4) is 0 Å². The molecule has 3 aromatic rings. The van der Waals surface area contributed by atoms with Gasteiger partial charge in [0.05, 0.1) is 16.2 Å². The van der Waals surface area contributed by atoms with Crippen LogP contribution in [-0.2, 0) is 0 Å². The molecule has 0 spiro atoms. The Hall–Kier alpha value is -3.50. The Bertz CT molecular complexity index is 984. The van der Waals surface area contributed by atoms with Crippen LogP contribution in [0.15, 0.2) is 53.9 Å². The number of nitriles is 1. The number of phenols is 1. The first-order valence-electron chi connectivity index (χ1n) is 7.18.